The summed E-state index contributed by atoms with van der Waals surface area (Å²) in [5, 5.41) is 3.01. The van der Waals surface area contributed by atoms with Crippen molar-refractivity contribution in [2.75, 3.05) is 25.0 Å². The third kappa shape index (κ3) is 3.95. The molecule has 1 N–H and O–H groups in total. The Morgan fingerprint density at radius 1 is 1.04 bits per heavy atom. The Kier molecular flexibility index (Phi) is 4.86. The summed E-state index contributed by atoms with van der Waals surface area (Å²) in [6.45, 7) is 7.86. The van der Waals surface area contributed by atoms with Crippen molar-refractivity contribution in [2.24, 2.45) is 0 Å². The molecule has 1 atom stereocenters. The van der Waals surface area contributed by atoms with E-state index in [1.807, 2.05) is 30.9 Å². The fraction of sp³-hybridized carbons (Fsp3) is 0.350. The first kappa shape index (κ1) is 16.5. The van der Waals surface area contributed by atoms with E-state index in [0.717, 1.165) is 22.4 Å². The van der Waals surface area contributed by atoms with Gasteiger partial charge in [0.15, 0.2) is 0 Å². The van der Waals surface area contributed by atoms with Crippen LogP contribution < -0.4 is 5.32 Å². The second-order valence-corrected chi connectivity index (χ2v) is 6.52. The summed E-state index contributed by atoms with van der Waals surface area (Å²) in [7, 11) is 0. The predicted octanol–water partition coefficient (Wildman–Crippen LogP) is 4.22. The Bertz CT molecular complexity index is 705. The number of morpholine rings is 1. The van der Waals surface area contributed by atoms with Crippen LogP contribution in [0.3, 0.4) is 0 Å². The second kappa shape index (κ2) is 7.05. The highest BCUT2D eigenvalue weighted by Gasteiger charge is 2.25. The molecule has 24 heavy (non-hydrogen) atoms. The number of urea groups is 1. The van der Waals surface area contributed by atoms with Gasteiger partial charge in [-0.05, 0) is 49.6 Å². The summed E-state index contributed by atoms with van der Waals surface area (Å²) in [5.41, 5.74) is 5.47. The van der Waals surface area contributed by atoms with Gasteiger partial charge < -0.3 is 15.0 Å². The number of hydrogen-bond donors (Lipinski definition) is 1. The maximum atomic E-state index is 12.6. The van der Waals surface area contributed by atoms with Crippen molar-refractivity contribution in [3.63, 3.8) is 0 Å². The molecule has 126 valence electrons. The van der Waals surface area contributed by atoms with Gasteiger partial charge in [-0.1, -0.05) is 35.9 Å². The molecule has 2 aromatic carbocycles. The molecule has 1 aliphatic heterocycles. The maximum absolute atomic E-state index is 12.6. The van der Waals surface area contributed by atoms with Gasteiger partial charge in [-0.25, -0.2) is 4.79 Å². The molecule has 0 spiro atoms. The summed E-state index contributed by atoms with van der Waals surface area (Å²) >= 11 is 0. The molecule has 0 radical (unpaired) electrons. The van der Waals surface area contributed by atoms with Crippen LogP contribution in [0.1, 0.15) is 28.4 Å². The number of ether oxygens (including phenoxy) is 1. The van der Waals surface area contributed by atoms with Crippen LogP contribution in [0.25, 0.3) is 0 Å². The van der Waals surface area contributed by atoms with Crippen LogP contribution >= 0.6 is 0 Å². The molecule has 0 aliphatic carbocycles. The topological polar surface area (TPSA) is 41.6 Å². The lowest BCUT2D eigenvalue weighted by Gasteiger charge is -2.33. The minimum atomic E-state index is -0.0691. The molecule has 1 fully saturated rings. The van der Waals surface area contributed by atoms with E-state index in [2.05, 4.69) is 42.6 Å². The van der Waals surface area contributed by atoms with Crippen molar-refractivity contribution < 1.29 is 9.53 Å². The van der Waals surface area contributed by atoms with Gasteiger partial charge in [0.25, 0.3) is 0 Å². The van der Waals surface area contributed by atoms with E-state index in [1.165, 1.54) is 5.56 Å². The normalized spacial score (nSPS) is 17.6. The van der Waals surface area contributed by atoms with Crippen molar-refractivity contribution in [1.29, 1.82) is 0 Å². The molecule has 0 saturated carbocycles. The van der Waals surface area contributed by atoms with Crippen LogP contribution in [-0.2, 0) is 4.74 Å². The number of nitrogens with zero attached hydrogens (tertiary/aromatic N) is 1. The lowest BCUT2D eigenvalue weighted by Crippen LogP contribution is -2.44. The molecule has 3 rings (SSSR count). The zero-order valence-corrected chi connectivity index (χ0v) is 14.5. The van der Waals surface area contributed by atoms with Gasteiger partial charge in [-0.15, -0.1) is 0 Å². The van der Waals surface area contributed by atoms with Crippen LogP contribution in [0.15, 0.2) is 42.5 Å². The van der Waals surface area contributed by atoms with Crippen molar-refractivity contribution in [3.05, 3.63) is 64.7 Å². The monoisotopic (exact) mass is 324 g/mol. The highest BCUT2D eigenvalue weighted by molar-refractivity contribution is 5.89. The lowest BCUT2D eigenvalue weighted by molar-refractivity contribution is -0.0135. The molecular formula is C20H24N2O2. The van der Waals surface area contributed by atoms with Crippen molar-refractivity contribution in [2.45, 2.75) is 26.9 Å². The van der Waals surface area contributed by atoms with E-state index in [0.29, 0.717) is 19.7 Å². The Morgan fingerprint density at radius 2 is 1.71 bits per heavy atom. The first-order valence-electron chi connectivity index (χ1n) is 8.33. The van der Waals surface area contributed by atoms with Gasteiger partial charge in [0.2, 0.25) is 0 Å². The van der Waals surface area contributed by atoms with E-state index in [4.69, 9.17) is 4.74 Å². The van der Waals surface area contributed by atoms with Gasteiger partial charge in [0.05, 0.1) is 13.2 Å². The highest BCUT2D eigenvalue weighted by atomic mass is 16.5. The smallest absolute Gasteiger partial charge is 0.322 e. The number of benzene rings is 2. The molecule has 2 aromatic rings. The second-order valence-electron chi connectivity index (χ2n) is 6.52. The molecular weight excluding hydrogens is 300 g/mol. The Balaban J connectivity index is 1.67. The molecule has 2 amide bonds. The van der Waals surface area contributed by atoms with Gasteiger partial charge in [0, 0.05) is 12.2 Å². The number of carbonyl (C=O) groups is 1. The van der Waals surface area contributed by atoms with E-state index in [-0.39, 0.29) is 12.1 Å². The van der Waals surface area contributed by atoms with Crippen LogP contribution in [-0.4, -0.2) is 30.6 Å². The van der Waals surface area contributed by atoms with Crippen LogP contribution in [0.4, 0.5) is 10.5 Å². The van der Waals surface area contributed by atoms with Crippen molar-refractivity contribution >= 4 is 11.7 Å². The predicted molar refractivity (Wildman–Crippen MR) is 96.4 cm³/mol. The highest BCUT2D eigenvalue weighted by Crippen LogP contribution is 2.23. The summed E-state index contributed by atoms with van der Waals surface area (Å²) in [6, 6.07) is 14.3. The molecule has 1 aliphatic rings. The fourth-order valence-corrected chi connectivity index (χ4v) is 3.07. The molecule has 1 saturated heterocycles. The molecule has 1 heterocycles. The van der Waals surface area contributed by atoms with E-state index >= 15 is 0 Å². The fourth-order valence-electron chi connectivity index (χ4n) is 3.07. The third-order valence-corrected chi connectivity index (χ3v) is 4.28. The minimum Gasteiger partial charge on any atom is -0.370 e. The SMILES string of the molecule is Cc1ccc(C2CN(C(=O)Nc3cc(C)cc(C)c3)CCO2)cc1. The lowest BCUT2D eigenvalue weighted by atomic mass is 10.1. The first-order chi connectivity index (χ1) is 11.5. The van der Waals surface area contributed by atoms with Crippen molar-refractivity contribution in [3.8, 4) is 0 Å². The van der Waals surface area contributed by atoms with Gasteiger partial charge in [0.1, 0.15) is 6.10 Å². The largest absolute Gasteiger partial charge is 0.370 e. The van der Waals surface area contributed by atoms with E-state index < -0.39 is 0 Å². The number of nitrogens with one attached hydrogen (secondary N) is 1. The number of amides is 2. The maximum Gasteiger partial charge on any atom is 0.322 e. The number of carbonyl (C=O) groups excluding carboxylic acids is 1. The number of hydrogen-bond acceptors (Lipinski definition) is 2. The number of aryl methyl sites for hydroxylation is 3. The summed E-state index contributed by atoms with van der Waals surface area (Å²) in [4.78, 5) is 14.4. The molecule has 4 nitrogen and oxygen atoms in total. The van der Waals surface area contributed by atoms with E-state index in [9.17, 15) is 4.79 Å². The average molecular weight is 324 g/mol. The van der Waals surface area contributed by atoms with Crippen LogP contribution in [0.2, 0.25) is 0 Å². The third-order valence-electron chi connectivity index (χ3n) is 4.28. The zero-order chi connectivity index (χ0) is 17.1. The molecule has 0 bridgehead atoms. The quantitative estimate of drug-likeness (QED) is 0.899. The van der Waals surface area contributed by atoms with Crippen LogP contribution in [0.5, 0.6) is 0 Å². The van der Waals surface area contributed by atoms with Gasteiger partial charge in [-0.3, -0.25) is 0 Å². The van der Waals surface area contributed by atoms with Gasteiger partial charge in [-0.2, -0.15) is 0 Å². The number of anilines is 1. The molecule has 0 aromatic heterocycles. The summed E-state index contributed by atoms with van der Waals surface area (Å²) in [6.07, 6.45) is -0.0654. The molecule has 4 heteroatoms. The summed E-state index contributed by atoms with van der Waals surface area (Å²) < 4.78 is 5.85. The van der Waals surface area contributed by atoms with Crippen LogP contribution in [0, 0.1) is 20.8 Å². The number of rotatable bonds is 2. The Morgan fingerprint density at radius 3 is 2.38 bits per heavy atom. The first-order valence-corrected chi connectivity index (χ1v) is 8.33. The van der Waals surface area contributed by atoms with Gasteiger partial charge >= 0.3 is 6.03 Å². The zero-order valence-electron chi connectivity index (χ0n) is 14.5. The van der Waals surface area contributed by atoms with Crippen molar-refractivity contribution in [1.82, 2.24) is 4.90 Å². The summed E-state index contributed by atoms with van der Waals surface area (Å²) in [5.74, 6) is 0. The average Bonchev–Trinajstić information content (AvgIpc) is 2.54. The standard InChI is InChI=1S/C20H24N2O2/c1-14-4-6-17(7-5-14)19-13-22(8-9-24-19)20(23)21-18-11-15(2)10-16(3)12-18/h4-7,10-12,19H,8-9,13H2,1-3H3,(H,21,23). The Hall–Kier alpha value is -2.33. The molecule has 1 unspecified atom stereocenters. The minimum absolute atomic E-state index is 0.0654. The van der Waals surface area contributed by atoms with E-state index in [1.54, 1.807) is 0 Å². The Labute approximate surface area is 143 Å².